The van der Waals surface area contributed by atoms with E-state index in [-0.39, 0.29) is 35.0 Å². The van der Waals surface area contributed by atoms with Crippen molar-refractivity contribution in [3.8, 4) is 17.2 Å². The molecule has 0 fully saturated rings. The van der Waals surface area contributed by atoms with Crippen molar-refractivity contribution in [2.75, 3.05) is 38.1 Å². The first kappa shape index (κ1) is 21.2. The largest absolute Gasteiger partial charge is 0.493 e. The summed E-state index contributed by atoms with van der Waals surface area (Å²) < 4.78 is 15.9. The minimum Gasteiger partial charge on any atom is -0.493 e. The van der Waals surface area contributed by atoms with Gasteiger partial charge in [0.1, 0.15) is 6.54 Å². The lowest BCUT2D eigenvalue weighted by Crippen LogP contribution is -2.37. The molecule has 3 rings (SSSR count). The molecule has 158 valence electrons. The van der Waals surface area contributed by atoms with Crippen LogP contribution in [0, 0.1) is 0 Å². The van der Waals surface area contributed by atoms with E-state index < -0.39 is 17.6 Å². The van der Waals surface area contributed by atoms with Gasteiger partial charge in [-0.3, -0.25) is 19.3 Å². The van der Waals surface area contributed by atoms with Crippen molar-refractivity contribution in [1.82, 2.24) is 0 Å². The molecule has 0 bridgehead atoms. The number of benzene rings is 2. The zero-order chi connectivity index (χ0) is 22.0. The molecule has 30 heavy (non-hydrogen) atoms. The fraction of sp³-hybridized carbons (Fsp3) is 0.318. The SMILES string of the molecule is COc1cc2c(c(OC)c1OC)C(=O)C(=O)N2CC(=O)Nc1ccc(C(C)C)cc1. The lowest BCUT2D eigenvalue weighted by Gasteiger charge is -2.19. The maximum absolute atomic E-state index is 12.6. The molecule has 1 N–H and O–H groups in total. The molecule has 0 saturated carbocycles. The maximum Gasteiger partial charge on any atom is 0.300 e. The fourth-order valence-electron chi connectivity index (χ4n) is 3.37. The predicted octanol–water partition coefficient (Wildman–Crippen LogP) is 3.00. The number of hydrogen-bond acceptors (Lipinski definition) is 6. The third-order valence-electron chi connectivity index (χ3n) is 4.93. The molecule has 1 aliphatic rings. The lowest BCUT2D eigenvalue weighted by atomic mass is 10.0. The highest BCUT2D eigenvalue weighted by Crippen LogP contribution is 2.47. The van der Waals surface area contributed by atoms with Gasteiger partial charge in [0, 0.05) is 11.8 Å². The monoisotopic (exact) mass is 412 g/mol. The van der Waals surface area contributed by atoms with Crippen molar-refractivity contribution >= 4 is 29.0 Å². The molecule has 2 amide bonds. The van der Waals surface area contributed by atoms with Gasteiger partial charge in [-0.25, -0.2) is 0 Å². The summed E-state index contributed by atoms with van der Waals surface area (Å²) in [6.07, 6.45) is 0. The molecule has 0 radical (unpaired) electrons. The lowest BCUT2D eigenvalue weighted by molar-refractivity contribution is -0.118. The Labute approximate surface area is 174 Å². The molecule has 8 heteroatoms. The van der Waals surface area contributed by atoms with Gasteiger partial charge in [0.05, 0.1) is 32.6 Å². The molecule has 0 spiro atoms. The van der Waals surface area contributed by atoms with Crippen molar-refractivity contribution in [2.45, 2.75) is 19.8 Å². The molecule has 0 unspecified atom stereocenters. The van der Waals surface area contributed by atoms with Gasteiger partial charge in [-0.1, -0.05) is 26.0 Å². The second kappa shape index (κ2) is 8.44. The molecule has 0 atom stereocenters. The third kappa shape index (κ3) is 3.68. The highest BCUT2D eigenvalue weighted by Gasteiger charge is 2.42. The number of methoxy groups -OCH3 is 3. The number of nitrogens with one attached hydrogen (secondary N) is 1. The van der Waals surface area contributed by atoms with Crippen molar-refractivity contribution in [3.05, 3.63) is 41.5 Å². The minimum atomic E-state index is -0.816. The van der Waals surface area contributed by atoms with Crippen LogP contribution < -0.4 is 24.4 Å². The number of fused-ring (bicyclic) bond motifs is 1. The van der Waals surface area contributed by atoms with E-state index >= 15 is 0 Å². The van der Waals surface area contributed by atoms with Gasteiger partial charge in [0.15, 0.2) is 11.5 Å². The second-order valence-corrected chi connectivity index (χ2v) is 7.08. The summed E-state index contributed by atoms with van der Waals surface area (Å²) >= 11 is 0. The smallest absolute Gasteiger partial charge is 0.300 e. The van der Waals surface area contributed by atoms with Crippen LogP contribution in [0.1, 0.15) is 35.7 Å². The zero-order valence-corrected chi connectivity index (χ0v) is 17.6. The number of Topliss-reactive ketones (excluding diaryl/α,β-unsaturated/α-hetero) is 1. The number of nitrogens with zero attached hydrogens (tertiary/aromatic N) is 1. The summed E-state index contributed by atoms with van der Waals surface area (Å²) in [5, 5.41) is 2.75. The standard InChI is InChI=1S/C22H24N2O6/c1-12(2)13-6-8-14(9-7-13)23-17(25)11-24-15-10-16(28-3)20(29-4)21(30-5)18(15)19(26)22(24)27/h6-10,12H,11H2,1-5H3,(H,23,25). The first-order chi connectivity index (χ1) is 14.3. The quantitative estimate of drug-likeness (QED) is 0.703. The first-order valence-corrected chi connectivity index (χ1v) is 9.41. The average molecular weight is 412 g/mol. The number of carbonyl (C=O) groups is 3. The average Bonchev–Trinajstić information content (AvgIpc) is 2.97. The highest BCUT2D eigenvalue weighted by atomic mass is 16.5. The van der Waals surface area contributed by atoms with Crippen LogP contribution in [0.15, 0.2) is 30.3 Å². The molecule has 0 saturated heterocycles. The summed E-state index contributed by atoms with van der Waals surface area (Å²) in [6.45, 7) is 3.83. The van der Waals surface area contributed by atoms with E-state index in [1.807, 2.05) is 12.1 Å². The summed E-state index contributed by atoms with van der Waals surface area (Å²) in [7, 11) is 4.20. The van der Waals surface area contributed by atoms with Gasteiger partial charge in [0.2, 0.25) is 11.7 Å². The second-order valence-electron chi connectivity index (χ2n) is 7.08. The summed E-state index contributed by atoms with van der Waals surface area (Å²) in [6, 6.07) is 8.96. The van der Waals surface area contributed by atoms with Gasteiger partial charge < -0.3 is 19.5 Å². The molecular formula is C22H24N2O6. The number of ketones is 1. The molecule has 1 heterocycles. The van der Waals surface area contributed by atoms with Crippen LogP contribution in [0.5, 0.6) is 17.2 Å². The number of amides is 2. The number of carbonyl (C=O) groups excluding carboxylic acids is 3. The van der Waals surface area contributed by atoms with Crippen LogP contribution >= 0.6 is 0 Å². The van der Waals surface area contributed by atoms with Crippen LogP contribution in [0.25, 0.3) is 0 Å². The van der Waals surface area contributed by atoms with E-state index in [0.29, 0.717) is 11.6 Å². The maximum atomic E-state index is 12.6. The molecule has 0 aromatic heterocycles. The van der Waals surface area contributed by atoms with Crippen LogP contribution in [0.4, 0.5) is 11.4 Å². The molecule has 2 aromatic rings. The van der Waals surface area contributed by atoms with E-state index in [2.05, 4.69) is 19.2 Å². The summed E-state index contributed by atoms with van der Waals surface area (Å²) in [5.41, 5.74) is 2.04. The highest BCUT2D eigenvalue weighted by molar-refractivity contribution is 6.53. The van der Waals surface area contributed by atoms with Crippen LogP contribution in [0.3, 0.4) is 0 Å². The Bertz CT molecular complexity index is 998. The number of anilines is 2. The van der Waals surface area contributed by atoms with Gasteiger partial charge in [-0.05, 0) is 23.6 Å². The Balaban J connectivity index is 1.88. The Morgan fingerprint density at radius 1 is 1.00 bits per heavy atom. The number of hydrogen-bond donors (Lipinski definition) is 1. The van der Waals surface area contributed by atoms with Crippen molar-refractivity contribution in [2.24, 2.45) is 0 Å². The molecule has 1 aliphatic heterocycles. The first-order valence-electron chi connectivity index (χ1n) is 9.41. The van der Waals surface area contributed by atoms with Crippen LogP contribution in [0.2, 0.25) is 0 Å². The van der Waals surface area contributed by atoms with E-state index in [4.69, 9.17) is 14.2 Å². The topological polar surface area (TPSA) is 94.2 Å². The molecular weight excluding hydrogens is 388 g/mol. The van der Waals surface area contributed by atoms with E-state index in [1.165, 1.54) is 27.4 Å². The van der Waals surface area contributed by atoms with Crippen LogP contribution in [-0.4, -0.2) is 45.5 Å². The minimum absolute atomic E-state index is 0.0502. The van der Waals surface area contributed by atoms with Gasteiger partial charge in [-0.2, -0.15) is 0 Å². The van der Waals surface area contributed by atoms with E-state index in [1.54, 1.807) is 12.1 Å². The van der Waals surface area contributed by atoms with Crippen molar-refractivity contribution in [3.63, 3.8) is 0 Å². The Morgan fingerprint density at radius 3 is 2.17 bits per heavy atom. The van der Waals surface area contributed by atoms with E-state index in [0.717, 1.165) is 10.5 Å². The van der Waals surface area contributed by atoms with E-state index in [9.17, 15) is 14.4 Å². The summed E-state index contributed by atoms with van der Waals surface area (Å²) in [4.78, 5) is 38.9. The normalized spacial score (nSPS) is 12.8. The molecule has 2 aromatic carbocycles. The molecule has 8 nitrogen and oxygen atoms in total. The number of rotatable bonds is 7. The Hall–Kier alpha value is -3.55. The fourth-order valence-corrected chi connectivity index (χ4v) is 3.37. The van der Waals surface area contributed by atoms with Gasteiger partial charge in [-0.15, -0.1) is 0 Å². The zero-order valence-electron chi connectivity index (χ0n) is 17.6. The van der Waals surface area contributed by atoms with Crippen molar-refractivity contribution < 1.29 is 28.6 Å². The number of ether oxygens (including phenoxy) is 3. The third-order valence-corrected chi connectivity index (χ3v) is 4.93. The van der Waals surface area contributed by atoms with Gasteiger partial charge in [0.25, 0.3) is 11.7 Å². The Morgan fingerprint density at radius 2 is 1.63 bits per heavy atom. The van der Waals surface area contributed by atoms with Gasteiger partial charge >= 0.3 is 0 Å². The predicted molar refractivity (Wildman–Crippen MR) is 112 cm³/mol. The van der Waals surface area contributed by atoms with Crippen molar-refractivity contribution in [1.29, 1.82) is 0 Å². The molecule has 0 aliphatic carbocycles. The van der Waals surface area contributed by atoms with Crippen LogP contribution in [-0.2, 0) is 9.59 Å². The summed E-state index contributed by atoms with van der Waals surface area (Å²) in [5.74, 6) is -1.06. The Kier molecular flexibility index (Phi) is 5.96.